The maximum atomic E-state index is 12.5. The Hall–Kier alpha value is -2.33. The van der Waals surface area contributed by atoms with Crippen LogP contribution in [0.15, 0.2) is 54.6 Å². The maximum absolute atomic E-state index is 12.5. The summed E-state index contributed by atoms with van der Waals surface area (Å²) in [5.74, 6) is 0.0300. The molecule has 2 aromatic carbocycles. The highest BCUT2D eigenvalue weighted by Gasteiger charge is 2.24. The third-order valence-electron chi connectivity index (χ3n) is 4.43. The van der Waals surface area contributed by atoms with Crippen molar-refractivity contribution in [3.63, 3.8) is 0 Å². The first kappa shape index (κ1) is 17.5. The van der Waals surface area contributed by atoms with Gasteiger partial charge in [0.1, 0.15) is 0 Å². The Balaban J connectivity index is 1.48. The van der Waals surface area contributed by atoms with E-state index in [2.05, 4.69) is 5.32 Å². The van der Waals surface area contributed by atoms with Gasteiger partial charge in [-0.25, -0.2) is 0 Å². The third-order valence-corrected chi connectivity index (χ3v) is 4.66. The van der Waals surface area contributed by atoms with Gasteiger partial charge >= 0.3 is 0 Å². The van der Waals surface area contributed by atoms with Crippen LogP contribution < -0.4 is 5.32 Å². The first-order valence-electron chi connectivity index (χ1n) is 8.50. The van der Waals surface area contributed by atoms with Crippen LogP contribution >= 0.6 is 11.6 Å². The molecule has 130 valence electrons. The quantitative estimate of drug-likeness (QED) is 0.913. The lowest BCUT2D eigenvalue weighted by Gasteiger charge is -2.32. The molecule has 4 nitrogen and oxygen atoms in total. The minimum absolute atomic E-state index is 0.00318. The number of carbonyl (C=O) groups is 2. The van der Waals surface area contributed by atoms with Gasteiger partial charge in [-0.2, -0.15) is 0 Å². The molecule has 2 aromatic rings. The Morgan fingerprint density at radius 3 is 2.44 bits per heavy atom. The summed E-state index contributed by atoms with van der Waals surface area (Å²) in [4.78, 5) is 26.5. The maximum Gasteiger partial charge on any atom is 0.253 e. The fraction of sp³-hybridized carbons (Fsp3) is 0.300. The largest absolute Gasteiger partial charge is 0.353 e. The van der Waals surface area contributed by atoms with Crippen molar-refractivity contribution >= 4 is 23.4 Å². The zero-order valence-corrected chi connectivity index (χ0v) is 14.7. The van der Waals surface area contributed by atoms with Gasteiger partial charge in [-0.3, -0.25) is 9.59 Å². The van der Waals surface area contributed by atoms with Gasteiger partial charge in [-0.05, 0) is 36.6 Å². The summed E-state index contributed by atoms with van der Waals surface area (Å²) >= 11 is 5.96. The van der Waals surface area contributed by atoms with Crippen molar-refractivity contribution in [2.45, 2.75) is 25.3 Å². The van der Waals surface area contributed by atoms with Crippen LogP contribution in [0, 0.1) is 0 Å². The molecule has 0 spiro atoms. The molecule has 1 aliphatic rings. The number of carbonyl (C=O) groups excluding carboxylic acids is 2. The molecule has 0 atom stereocenters. The summed E-state index contributed by atoms with van der Waals surface area (Å²) < 4.78 is 0. The number of nitrogens with zero attached hydrogens (tertiary/aromatic N) is 1. The minimum Gasteiger partial charge on any atom is -0.353 e. The Morgan fingerprint density at radius 1 is 1.04 bits per heavy atom. The van der Waals surface area contributed by atoms with E-state index in [0.717, 1.165) is 18.4 Å². The molecule has 0 aromatic heterocycles. The van der Waals surface area contributed by atoms with Gasteiger partial charge in [0.15, 0.2) is 0 Å². The zero-order chi connectivity index (χ0) is 17.6. The standard InChI is InChI=1S/C20H21ClN2O2/c21-17-8-4-7-16(14-17)20(25)23-11-9-18(10-12-23)22-19(24)13-15-5-2-1-3-6-15/h1-8,14,18H,9-13H2,(H,22,24). The normalized spacial score (nSPS) is 15.0. The molecule has 2 amide bonds. The van der Waals surface area contributed by atoms with E-state index >= 15 is 0 Å². The highest BCUT2D eigenvalue weighted by Crippen LogP contribution is 2.17. The number of hydrogen-bond donors (Lipinski definition) is 1. The number of piperidine rings is 1. The fourth-order valence-electron chi connectivity index (χ4n) is 3.09. The molecule has 1 N–H and O–H groups in total. The van der Waals surface area contributed by atoms with Crippen LogP contribution in [0.5, 0.6) is 0 Å². The molecule has 0 radical (unpaired) electrons. The van der Waals surface area contributed by atoms with Crippen molar-refractivity contribution in [1.82, 2.24) is 10.2 Å². The smallest absolute Gasteiger partial charge is 0.253 e. The number of hydrogen-bond acceptors (Lipinski definition) is 2. The summed E-state index contributed by atoms with van der Waals surface area (Å²) in [6.45, 7) is 1.28. The number of likely N-dealkylation sites (tertiary alicyclic amines) is 1. The summed E-state index contributed by atoms with van der Waals surface area (Å²) in [5, 5.41) is 3.64. The number of benzene rings is 2. The third kappa shape index (κ3) is 4.83. The average molecular weight is 357 g/mol. The number of rotatable bonds is 4. The van der Waals surface area contributed by atoms with Crippen molar-refractivity contribution in [3.8, 4) is 0 Å². The molecule has 0 saturated carbocycles. The molecule has 1 fully saturated rings. The van der Waals surface area contributed by atoms with Gasteiger partial charge in [0, 0.05) is 29.7 Å². The van der Waals surface area contributed by atoms with Crippen molar-refractivity contribution in [2.24, 2.45) is 0 Å². The molecule has 5 heteroatoms. The van der Waals surface area contributed by atoms with E-state index < -0.39 is 0 Å². The van der Waals surface area contributed by atoms with E-state index in [0.29, 0.717) is 30.1 Å². The van der Waals surface area contributed by atoms with E-state index in [4.69, 9.17) is 11.6 Å². The molecular weight excluding hydrogens is 336 g/mol. The molecular formula is C20H21ClN2O2. The van der Waals surface area contributed by atoms with Crippen LogP contribution in [0.25, 0.3) is 0 Å². The van der Waals surface area contributed by atoms with Crippen LogP contribution in [0.3, 0.4) is 0 Å². The van der Waals surface area contributed by atoms with E-state index in [1.807, 2.05) is 35.2 Å². The van der Waals surface area contributed by atoms with Gasteiger partial charge in [-0.15, -0.1) is 0 Å². The van der Waals surface area contributed by atoms with Crippen molar-refractivity contribution in [1.29, 1.82) is 0 Å². The van der Waals surface area contributed by atoms with Crippen LogP contribution in [0.2, 0.25) is 5.02 Å². The fourth-order valence-corrected chi connectivity index (χ4v) is 3.28. The van der Waals surface area contributed by atoms with E-state index in [9.17, 15) is 9.59 Å². The molecule has 25 heavy (non-hydrogen) atoms. The lowest BCUT2D eigenvalue weighted by Crippen LogP contribution is -2.46. The Kier molecular flexibility index (Phi) is 5.71. The molecule has 1 heterocycles. The predicted molar refractivity (Wildman–Crippen MR) is 98.7 cm³/mol. The van der Waals surface area contributed by atoms with E-state index in [-0.39, 0.29) is 17.9 Å². The SMILES string of the molecule is O=C(Cc1ccccc1)NC1CCN(C(=O)c2cccc(Cl)c2)CC1. The topological polar surface area (TPSA) is 49.4 Å². The molecule has 1 aliphatic heterocycles. The monoisotopic (exact) mass is 356 g/mol. The molecule has 1 saturated heterocycles. The van der Waals surface area contributed by atoms with E-state index in [1.54, 1.807) is 24.3 Å². The highest BCUT2D eigenvalue weighted by molar-refractivity contribution is 6.30. The first-order chi connectivity index (χ1) is 12.1. The first-order valence-corrected chi connectivity index (χ1v) is 8.88. The highest BCUT2D eigenvalue weighted by atomic mass is 35.5. The van der Waals surface area contributed by atoms with Gasteiger partial charge in [-0.1, -0.05) is 48.0 Å². The second-order valence-electron chi connectivity index (χ2n) is 6.31. The van der Waals surface area contributed by atoms with Crippen molar-refractivity contribution in [2.75, 3.05) is 13.1 Å². The number of halogens is 1. The van der Waals surface area contributed by atoms with Gasteiger partial charge in [0.05, 0.1) is 6.42 Å². The van der Waals surface area contributed by atoms with Crippen molar-refractivity contribution < 1.29 is 9.59 Å². The van der Waals surface area contributed by atoms with Crippen LogP contribution in [-0.2, 0) is 11.2 Å². The van der Waals surface area contributed by atoms with Gasteiger partial charge in [0.25, 0.3) is 5.91 Å². The lowest BCUT2D eigenvalue weighted by molar-refractivity contribution is -0.121. The van der Waals surface area contributed by atoms with Gasteiger partial charge in [0.2, 0.25) is 5.91 Å². The summed E-state index contributed by atoms with van der Waals surface area (Å²) in [6.07, 6.45) is 1.93. The van der Waals surface area contributed by atoms with Crippen LogP contribution in [0.4, 0.5) is 0 Å². The molecule has 3 rings (SSSR count). The second-order valence-corrected chi connectivity index (χ2v) is 6.74. The predicted octanol–water partition coefficient (Wildman–Crippen LogP) is 3.30. The van der Waals surface area contributed by atoms with E-state index in [1.165, 1.54) is 0 Å². The van der Waals surface area contributed by atoms with Gasteiger partial charge < -0.3 is 10.2 Å². The molecule has 0 unspecified atom stereocenters. The minimum atomic E-state index is -0.00318. The summed E-state index contributed by atoms with van der Waals surface area (Å²) in [7, 11) is 0. The number of nitrogens with one attached hydrogen (secondary N) is 1. The second kappa shape index (κ2) is 8.17. The van der Waals surface area contributed by atoms with Crippen LogP contribution in [-0.4, -0.2) is 35.8 Å². The average Bonchev–Trinajstić information content (AvgIpc) is 2.62. The number of amides is 2. The Morgan fingerprint density at radius 2 is 1.76 bits per heavy atom. The summed E-state index contributed by atoms with van der Waals surface area (Å²) in [6, 6.07) is 16.8. The Labute approximate surface area is 152 Å². The lowest BCUT2D eigenvalue weighted by atomic mass is 10.0. The summed E-state index contributed by atoms with van der Waals surface area (Å²) in [5.41, 5.74) is 1.62. The molecule has 0 bridgehead atoms. The molecule has 0 aliphatic carbocycles. The zero-order valence-electron chi connectivity index (χ0n) is 14.0. The van der Waals surface area contributed by atoms with Crippen molar-refractivity contribution in [3.05, 3.63) is 70.7 Å². The van der Waals surface area contributed by atoms with Crippen LogP contribution in [0.1, 0.15) is 28.8 Å². The Bertz CT molecular complexity index is 740.